The zero-order chi connectivity index (χ0) is 13.2. The van der Waals surface area contributed by atoms with Crippen molar-refractivity contribution in [2.45, 2.75) is 0 Å². The number of nitrogens with two attached hydrogens (primary N) is 3. The Hall–Kier alpha value is -2.32. The van der Waals surface area contributed by atoms with Gasteiger partial charge in [0, 0.05) is 6.07 Å². The maximum atomic E-state index is 13.1. The second-order valence-corrected chi connectivity index (χ2v) is 2.82. The molecular formula is C8H7F4N5. The molecule has 0 aliphatic heterocycles. The summed E-state index contributed by atoms with van der Waals surface area (Å²) < 4.78 is 51.5. The molecule has 17 heavy (non-hydrogen) atoms. The molecule has 5 nitrogen and oxygen atoms in total. The van der Waals surface area contributed by atoms with E-state index in [0.29, 0.717) is 0 Å². The van der Waals surface area contributed by atoms with Gasteiger partial charge in [-0.25, -0.2) is 22.6 Å². The second kappa shape index (κ2) is 4.68. The van der Waals surface area contributed by atoms with Crippen molar-refractivity contribution in [1.82, 2.24) is 0 Å². The maximum absolute atomic E-state index is 13.1. The molecule has 0 unspecified atom stereocenters. The number of aliphatic imine (C=N–C) groups is 2. The van der Waals surface area contributed by atoms with Crippen LogP contribution in [0.2, 0.25) is 0 Å². The third kappa shape index (κ3) is 2.83. The first kappa shape index (κ1) is 12.7. The van der Waals surface area contributed by atoms with E-state index in [-0.39, 0.29) is 6.07 Å². The third-order valence-corrected chi connectivity index (χ3v) is 1.56. The Kier molecular flexibility index (Phi) is 3.51. The van der Waals surface area contributed by atoms with E-state index in [4.69, 9.17) is 17.2 Å². The number of hydrogen-bond acceptors (Lipinski definition) is 1. The monoisotopic (exact) mass is 249 g/mol. The van der Waals surface area contributed by atoms with E-state index >= 15 is 0 Å². The molecule has 1 rings (SSSR count). The molecule has 1 aromatic rings. The number of rotatable bonds is 1. The summed E-state index contributed by atoms with van der Waals surface area (Å²) >= 11 is 0. The fraction of sp³-hybridized carbons (Fsp3) is 0. The Morgan fingerprint density at radius 1 is 0.941 bits per heavy atom. The van der Waals surface area contributed by atoms with Crippen molar-refractivity contribution in [3.63, 3.8) is 0 Å². The smallest absolute Gasteiger partial charge is 0.223 e. The first-order chi connectivity index (χ1) is 7.82. The number of benzene rings is 1. The molecule has 0 aromatic heterocycles. The molecule has 0 amide bonds. The van der Waals surface area contributed by atoms with Gasteiger partial charge in [-0.05, 0) is 0 Å². The van der Waals surface area contributed by atoms with Gasteiger partial charge in [0.2, 0.25) is 5.96 Å². The van der Waals surface area contributed by atoms with E-state index in [2.05, 4.69) is 9.98 Å². The molecule has 0 fully saturated rings. The quantitative estimate of drug-likeness (QED) is 0.221. The lowest BCUT2D eigenvalue weighted by atomic mass is 10.2. The molecule has 92 valence electrons. The van der Waals surface area contributed by atoms with Gasteiger partial charge in [-0.2, -0.15) is 4.99 Å². The van der Waals surface area contributed by atoms with Crippen molar-refractivity contribution < 1.29 is 17.6 Å². The summed E-state index contributed by atoms with van der Waals surface area (Å²) in [6.45, 7) is 0. The summed E-state index contributed by atoms with van der Waals surface area (Å²) in [7, 11) is 0. The average molecular weight is 249 g/mol. The Balaban J connectivity index is 3.34. The minimum absolute atomic E-state index is 0.125. The number of hydrogen-bond donors (Lipinski definition) is 3. The summed E-state index contributed by atoms with van der Waals surface area (Å²) in [5, 5.41) is 0. The Bertz CT molecular complexity index is 507. The molecule has 0 aliphatic carbocycles. The van der Waals surface area contributed by atoms with E-state index in [0.717, 1.165) is 0 Å². The van der Waals surface area contributed by atoms with Crippen LogP contribution < -0.4 is 17.2 Å². The van der Waals surface area contributed by atoms with E-state index in [1.54, 1.807) is 0 Å². The van der Waals surface area contributed by atoms with Crippen molar-refractivity contribution in [1.29, 1.82) is 0 Å². The largest absolute Gasteiger partial charge is 0.370 e. The molecule has 1 aromatic carbocycles. The SMILES string of the molecule is NC(N)=NC(N)=Nc1c(F)cc(F)c(F)c1F. The lowest BCUT2D eigenvalue weighted by Gasteiger charge is -2.02. The predicted molar refractivity (Wildman–Crippen MR) is 53.4 cm³/mol. The van der Waals surface area contributed by atoms with Gasteiger partial charge >= 0.3 is 0 Å². The standard InChI is InChI=1S/C8H7F4N5/c9-2-1-3(10)6(5(12)4(2)11)16-8(15)17-7(13)14/h1H,(H6,13,14,15,16,17). The molecule has 0 aliphatic rings. The Morgan fingerprint density at radius 2 is 1.53 bits per heavy atom. The van der Waals surface area contributed by atoms with Crippen LogP contribution in [0.4, 0.5) is 23.2 Å². The van der Waals surface area contributed by atoms with Crippen LogP contribution in [-0.2, 0) is 0 Å². The van der Waals surface area contributed by atoms with Crippen LogP contribution in [0.1, 0.15) is 0 Å². The van der Waals surface area contributed by atoms with E-state index in [1.807, 2.05) is 0 Å². The highest BCUT2D eigenvalue weighted by molar-refractivity contribution is 5.93. The summed E-state index contributed by atoms with van der Waals surface area (Å²) in [5.74, 6) is -8.02. The molecule has 0 saturated heterocycles. The zero-order valence-corrected chi connectivity index (χ0v) is 8.22. The van der Waals surface area contributed by atoms with Gasteiger partial charge in [-0.1, -0.05) is 0 Å². The van der Waals surface area contributed by atoms with Gasteiger partial charge in [0.15, 0.2) is 29.2 Å². The third-order valence-electron chi connectivity index (χ3n) is 1.56. The van der Waals surface area contributed by atoms with Crippen molar-refractivity contribution in [3.05, 3.63) is 29.3 Å². The van der Waals surface area contributed by atoms with Crippen LogP contribution in [0.5, 0.6) is 0 Å². The van der Waals surface area contributed by atoms with Crippen molar-refractivity contribution in [2.75, 3.05) is 0 Å². The van der Waals surface area contributed by atoms with Crippen LogP contribution in [-0.4, -0.2) is 11.9 Å². The minimum Gasteiger partial charge on any atom is -0.370 e. The molecule has 0 radical (unpaired) electrons. The van der Waals surface area contributed by atoms with Crippen molar-refractivity contribution >= 4 is 17.6 Å². The second-order valence-electron chi connectivity index (χ2n) is 2.82. The number of halogens is 4. The van der Waals surface area contributed by atoms with E-state index in [9.17, 15) is 17.6 Å². The molecule has 0 heterocycles. The summed E-state index contributed by atoms with van der Waals surface area (Å²) in [4.78, 5) is 6.25. The predicted octanol–water partition coefficient (Wildman–Crippen LogP) is 0.463. The van der Waals surface area contributed by atoms with Gasteiger partial charge in [0.25, 0.3) is 0 Å². The summed E-state index contributed by atoms with van der Waals surface area (Å²) in [5.41, 5.74) is 13.8. The molecular weight excluding hydrogens is 242 g/mol. The lowest BCUT2D eigenvalue weighted by Crippen LogP contribution is -2.26. The number of nitrogens with zero attached hydrogens (tertiary/aromatic N) is 2. The average Bonchev–Trinajstić information content (AvgIpc) is 2.20. The highest BCUT2D eigenvalue weighted by Gasteiger charge is 2.18. The van der Waals surface area contributed by atoms with E-state index < -0.39 is 40.9 Å². The Labute approximate surface area is 92.6 Å². The molecule has 9 heteroatoms. The zero-order valence-electron chi connectivity index (χ0n) is 8.22. The normalized spacial score (nSPS) is 11.4. The van der Waals surface area contributed by atoms with Gasteiger partial charge in [0.05, 0.1) is 0 Å². The van der Waals surface area contributed by atoms with Gasteiger partial charge in [0.1, 0.15) is 5.69 Å². The topological polar surface area (TPSA) is 103 Å². The van der Waals surface area contributed by atoms with Gasteiger partial charge < -0.3 is 17.2 Å². The van der Waals surface area contributed by atoms with Crippen LogP contribution in [0.15, 0.2) is 16.1 Å². The van der Waals surface area contributed by atoms with Crippen LogP contribution in [0.25, 0.3) is 0 Å². The van der Waals surface area contributed by atoms with Crippen LogP contribution in [0.3, 0.4) is 0 Å². The van der Waals surface area contributed by atoms with Crippen molar-refractivity contribution in [2.24, 2.45) is 27.2 Å². The first-order valence-corrected chi connectivity index (χ1v) is 4.09. The highest BCUT2D eigenvalue weighted by atomic mass is 19.2. The minimum atomic E-state index is -1.87. The molecule has 0 spiro atoms. The van der Waals surface area contributed by atoms with E-state index in [1.165, 1.54) is 0 Å². The maximum Gasteiger partial charge on any atom is 0.223 e. The molecule has 0 bridgehead atoms. The van der Waals surface area contributed by atoms with Crippen molar-refractivity contribution in [3.8, 4) is 0 Å². The van der Waals surface area contributed by atoms with Gasteiger partial charge in [-0.15, -0.1) is 0 Å². The number of guanidine groups is 2. The highest BCUT2D eigenvalue weighted by Crippen LogP contribution is 2.26. The van der Waals surface area contributed by atoms with Crippen LogP contribution >= 0.6 is 0 Å². The van der Waals surface area contributed by atoms with Crippen LogP contribution in [0, 0.1) is 23.3 Å². The summed E-state index contributed by atoms with van der Waals surface area (Å²) in [6.07, 6.45) is 0. The fourth-order valence-electron chi connectivity index (χ4n) is 0.931. The summed E-state index contributed by atoms with van der Waals surface area (Å²) in [6, 6.07) is 0.125. The molecule has 0 atom stereocenters. The first-order valence-electron chi connectivity index (χ1n) is 4.09. The van der Waals surface area contributed by atoms with Gasteiger partial charge in [-0.3, -0.25) is 0 Å². The Morgan fingerprint density at radius 3 is 2.06 bits per heavy atom. The molecule has 6 N–H and O–H groups in total. The fourth-order valence-corrected chi connectivity index (χ4v) is 0.931. The molecule has 0 saturated carbocycles. The lowest BCUT2D eigenvalue weighted by molar-refractivity contribution is 0.436.